The van der Waals surface area contributed by atoms with E-state index < -0.39 is 0 Å². The van der Waals surface area contributed by atoms with Crippen LogP contribution in [0.4, 0.5) is 0 Å². The number of nitriles is 1. The molecular formula is C14H24N4O2. The van der Waals surface area contributed by atoms with Gasteiger partial charge in [-0.3, -0.25) is 9.69 Å². The topological polar surface area (TPSA) is 68.6 Å². The summed E-state index contributed by atoms with van der Waals surface area (Å²) in [4.78, 5) is 16.2. The van der Waals surface area contributed by atoms with Crippen LogP contribution in [0, 0.1) is 11.3 Å². The Morgan fingerprint density at radius 1 is 1.25 bits per heavy atom. The molecule has 0 saturated carbocycles. The van der Waals surface area contributed by atoms with Gasteiger partial charge in [0, 0.05) is 39.1 Å². The minimum absolute atomic E-state index is 0.100. The molecule has 0 unspecified atom stereocenters. The highest BCUT2D eigenvalue weighted by Gasteiger charge is 2.22. The molecule has 0 atom stereocenters. The number of amides is 1. The van der Waals surface area contributed by atoms with E-state index in [0.717, 1.165) is 58.7 Å². The molecule has 2 fully saturated rings. The summed E-state index contributed by atoms with van der Waals surface area (Å²) in [6.45, 7) is 6.21. The first-order valence-corrected chi connectivity index (χ1v) is 7.49. The Labute approximate surface area is 120 Å². The van der Waals surface area contributed by atoms with Crippen molar-refractivity contribution in [3.63, 3.8) is 0 Å². The van der Waals surface area contributed by atoms with Gasteiger partial charge < -0.3 is 15.0 Å². The van der Waals surface area contributed by atoms with Crippen molar-refractivity contribution in [2.75, 3.05) is 52.4 Å². The van der Waals surface area contributed by atoms with Crippen molar-refractivity contribution in [1.29, 1.82) is 5.26 Å². The average molecular weight is 280 g/mol. The number of piperidine rings is 1. The molecule has 1 N–H and O–H groups in total. The maximum Gasteiger partial charge on any atom is 0.248 e. The molecule has 0 aromatic carbocycles. The minimum Gasteiger partial charge on any atom is -0.368 e. The first-order chi connectivity index (χ1) is 9.79. The fourth-order valence-corrected chi connectivity index (χ4v) is 2.67. The third-order valence-corrected chi connectivity index (χ3v) is 3.99. The number of hydrogen-bond acceptors (Lipinski definition) is 5. The molecule has 2 aliphatic rings. The number of carbonyl (C=O) groups is 1. The summed E-state index contributed by atoms with van der Waals surface area (Å²) in [5, 5.41) is 11.9. The van der Waals surface area contributed by atoms with Crippen LogP contribution in [0.25, 0.3) is 0 Å². The van der Waals surface area contributed by atoms with E-state index in [0.29, 0.717) is 6.42 Å². The maximum absolute atomic E-state index is 12.1. The van der Waals surface area contributed by atoms with Crippen molar-refractivity contribution in [3.8, 4) is 6.07 Å². The molecule has 0 radical (unpaired) electrons. The second-order valence-electron chi connectivity index (χ2n) is 5.39. The standard InChI is InChI=1S/C14H24N4O2/c15-4-1-7-17-8-10-18(11-9-17)14(19)12-20-13-2-5-16-6-3-13/h13,16H,1-3,5-12H2. The molecular weight excluding hydrogens is 256 g/mol. The summed E-state index contributed by atoms with van der Waals surface area (Å²) in [6, 6.07) is 2.16. The molecule has 0 aliphatic carbocycles. The summed E-state index contributed by atoms with van der Waals surface area (Å²) in [7, 11) is 0. The lowest BCUT2D eigenvalue weighted by molar-refractivity contribution is -0.140. The van der Waals surface area contributed by atoms with E-state index in [1.165, 1.54) is 0 Å². The van der Waals surface area contributed by atoms with Gasteiger partial charge in [-0.15, -0.1) is 0 Å². The van der Waals surface area contributed by atoms with Crippen molar-refractivity contribution in [1.82, 2.24) is 15.1 Å². The van der Waals surface area contributed by atoms with Gasteiger partial charge in [-0.1, -0.05) is 0 Å². The van der Waals surface area contributed by atoms with Crippen LogP contribution in [-0.4, -0.2) is 74.2 Å². The molecule has 2 aliphatic heterocycles. The van der Waals surface area contributed by atoms with Crippen LogP contribution in [0.5, 0.6) is 0 Å². The molecule has 112 valence electrons. The maximum atomic E-state index is 12.1. The molecule has 2 rings (SSSR count). The molecule has 20 heavy (non-hydrogen) atoms. The third-order valence-electron chi connectivity index (χ3n) is 3.99. The zero-order valence-corrected chi connectivity index (χ0v) is 12.0. The van der Waals surface area contributed by atoms with E-state index >= 15 is 0 Å². The van der Waals surface area contributed by atoms with Gasteiger partial charge in [-0.25, -0.2) is 0 Å². The lowest BCUT2D eigenvalue weighted by atomic mass is 10.1. The molecule has 6 nitrogen and oxygen atoms in total. The number of rotatable bonds is 5. The van der Waals surface area contributed by atoms with Gasteiger partial charge in [-0.05, 0) is 25.9 Å². The van der Waals surface area contributed by atoms with Crippen LogP contribution in [0.15, 0.2) is 0 Å². The van der Waals surface area contributed by atoms with E-state index in [9.17, 15) is 4.79 Å². The first kappa shape index (κ1) is 15.2. The van der Waals surface area contributed by atoms with Gasteiger partial charge in [0.05, 0.1) is 12.2 Å². The van der Waals surface area contributed by atoms with Gasteiger partial charge in [0.2, 0.25) is 5.91 Å². The van der Waals surface area contributed by atoms with Crippen molar-refractivity contribution < 1.29 is 9.53 Å². The fraction of sp³-hybridized carbons (Fsp3) is 0.857. The quantitative estimate of drug-likeness (QED) is 0.756. The number of ether oxygens (including phenoxy) is 1. The van der Waals surface area contributed by atoms with E-state index in [2.05, 4.69) is 16.3 Å². The van der Waals surface area contributed by atoms with Crippen LogP contribution in [-0.2, 0) is 9.53 Å². The SMILES string of the molecule is N#CCCN1CCN(C(=O)COC2CCNCC2)CC1. The largest absolute Gasteiger partial charge is 0.368 e. The summed E-state index contributed by atoms with van der Waals surface area (Å²) in [5.74, 6) is 0.100. The molecule has 1 amide bonds. The Hall–Kier alpha value is -1.16. The Bertz CT molecular complexity index is 342. The molecule has 6 heteroatoms. The van der Waals surface area contributed by atoms with Crippen LogP contribution < -0.4 is 5.32 Å². The highest BCUT2D eigenvalue weighted by molar-refractivity contribution is 5.77. The lowest BCUT2D eigenvalue weighted by Gasteiger charge is -2.34. The predicted molar refractivity (Wildman–Crippen MR) is 75.1 cm³/mol. The Kier molecular flexibility index (Phi) is 6.25. The van der Waals surface area contributed by atoms with Crippen molar-refractivity contribution in [2.45, 2.75) is 25.4 Å². The lowest BCUT2D eigenvalue weighted by Crippen LogP contribution is -2.50. The van der Waals surface area contributed by atoms with Crippen LogP contribution in [0.2, 0.25) is 0 Å². The Balaban J connectivity index is 1.63. The predicted octanol–water partition coefficient (Wildman–Crippen LogP) is -0.187. The molecule has 2 saturated heterocycles. The van der Waals surface area contributed by atoms with E-state index in [-0.39, 0.29) is 18.6 Å². The number of carbonyl (C=O) groups excluding carboxylic acids is 1. The monoisotopic (exact) mass is 280 g/mol. The summed E-state index contributed by atoms with van der Waals surface area (Å²) < 4.78 is 5.70. The van der Waals surface area contributed by atoms with Gasteiger partial charge in [0.25, 0.3) is 0 Å². The molecule has 0 bridgehead atoms. The van der Waals surface area contributed by atoms with Crippen molar-refractivity contribution >= 4 is 5.91 Å². The summed E-state index contributed by atoms with van der Waals surface area (Å²) in [6.07, 6.45) is 2.79. The Morgan fingerprint density at radius 3 is 2.60 bits per heavy atom. The summed E-state index contributed by atoms with van der Waals surface area (Å²) in [5.41, 5.74) is 0. The molecule has 2 heterocycles. The van der Waals surface area contributed by atoms with Gasteiger partial charge in [0.1, 0.15) is 6.61 Å². The number of piperazine rings is 1. The zero-order chi connectivity index (χ0) is 14.2. The van der Waals surface area contributed by atoms with Crippen molar-refractivity contribution in [2.24, 2.45) is 0 Å². The van der Waals surface area contributed by atoms with Crippen LogP contribution >= 0.6 is 0 Å². The number of nitrogens with zero attached hydrogens (tertiary/aromatic N) is 3. The average Bonchev–Trinajstić information content (AvgIpc) is 2.52. The second-order valence-corrected chi connectivity index (χ2v) is 5.39. The second kappa shape index (κ2) is 8.20. The van der Waals surface area contributed by atoms with E-state index in [4.69, 9.17) is 10.00 Å². The minimum atomic E-state index is 0.100. The van der Waals surface area contributed by atoms with Crippen LogP contribution in [0.3, 0.4) is 0 Å². The van der Waals surface area contributed by atoms with Crippen LogP contribution in [0.1, 0.15) is 19.3 Å². The van der Waals surface area contributed by atoms with Crippen molar-refractivity contribution in [3.05, 3.63) is 0 Å². The van der Waals surface area contributed by atoms with Gasteiger partial charge in [0.15, 0.2) is 0 Å². The highest BCUT2D eigenvalue weighted by Crippen LogP contribution is 2.08. The normalized spacial score (nSPS) is 21.6. The number of hydrogen-bond donors (Lipinski definition) is 1. The molecule has 0 spiro atoms. The van der Waals surface area contributed by atoms with Gasteiger partial charge in [-0.2, -0.15) is 5.26 Å². The van der Waals surface area contributed by atoms with E-state index in [1.807, 2.05) is 4.90 Å². The third kappa shape index (κ3) is 4.75. The molecule has 0 aromatic heterocycles. The van der Waals surface area contributed by atoms with E-state index in [1.54, 1.807) is 0 Å². The molecule has 0 aromatic rings. The Morgan fingerprint density at radius 2 is 1.95 bits per heavy atom. The number of nitrogens with one attached hydrogen (secondary N) is 1. The smallest absolute Gasteiger partial charge is 0.248 e. The summed E-state index contributed by atoms with van der Waals surface area (Å²) >= 11 is 0. The van der Waals surface area contributed by atoms with Gasteiger partial charge >= 0.3 is 0 Å². The zero-order valence-electron chi connectivity index (χ0n) is 12.0. The fourth-order valence-electron chi connectivity index (χ4n) is 2.67. The highest BCUT2D eigenvalue weighted by atomic mass is 16.5. The first-order valence-electron chi connectivity index (χ1n) is 7.49.